The second kappa shape index (κ2) is 13.2. The van der Waals surface area contributed by atoms with Crippen LogP contribution in [-0.4, -0.2) is 64.0 Å². The van der Waals surface area contributed by atoms with E-state index in [-0.39, 0.29) is 25.2 Å². The average Bonchev–Trinajstić information content (AvgIpc) is 2.71. The Bertz CT molecular complexity index is 914. The van der Waals surface area contributed by atoms with Crippen LogP contribution in [0.2, 0.25) is 0 Å². The number of rotatable bonds is 13. The van der Waals surface area contributed by atoms with Gasteiger partial charge < -0.3 is 23.8 Å². The maximum Gasteiger partial charge on any atom is 0.353 e. The van der Waals surface area contributed by atoms with Gasteiger partial charge in [0.2, 0.25) is 5.91 Å². The summed E-state index contributed by atoms with van der Waals surface area (Å²) < 4.78 is 30.4. The van der Waals surface area contributed by atoms with Crippen LogP contribution in [0, 0.1) is 0 Å². The molecule has 182 valence electrons. The van der Waals surface area contributed by atoms with Crippen molar-refractivity contribution in [2.45, 2.75) is 52.4 Å². The lowest BCUT2D eigenvalue weighted by Crippen LogP contribution is -2.41. The molecular weight excluding hydrogens is 462 g/mol. The molecule has 0 fully saturated rings. The number of nitrogens with one attached hydrogen (secondary N) is 2. The minimum absolute atomic E-state index is 0.0176. The van der Waals surface area contributed by atoms with E-state index in [1.54, 1.807) is 4.67 Å². The van der Waals surface area contributed by atoms with Crippen molar-refractivity contribution in [3.8, 4) is 0 Å². The number of nitrogens with zero attached hydrogens (tertiary/aromatic N) is 2. The van der Waals surface area contributed by atoms with Crippen molar-refractivity contribution in [1.82, 2.24) is 19.5 Å². The van der Waals surface area contributed by atoms with Gasteiger partial charge in [0.15, 0.2) is 0 Å². The van der Waals surface area contributed by atoms with E-state index in [1.165, 1.54) is 32.3 Å². The van der Waals surface area contributed by atoms with Crippen LogP contribution in [0.15, 0.2) is 33.7 Å². The predicted octanol–water partition coefficient (Wildman–Crippen LogP) is 1.38. The van der Waals surface area contributed by atoms with Crippen molar-refractivity contribution < 1.29 is 27.8 Å². The summed E-state index contributed by atoms with van der Waals surface area (Å²) in [4.78, 5) is 48.0. The molecule has 1 heterocycles. The Hall–Kier alpha value is -1.65. The van der Waals surface area contributed by atoms with Gasteiger partial charge in [0.25, 0.3) is 14.1 Å². The summed E-state index contributed by atoms with van der Waals surface area (Å²) in [6, 6.07) is 0.333. The zero-order chi connectivity index (χ0) is 24.5. The summed E-state index contributed by atoms with van der Waals surface area (Å²) in [6.45, 7) is 7.16. The molecule has 12 nitrogen and oxygen atoms in total. The monoisotopic (exact) mass is 494 g/mol. The van der Waals surface area contributed by atoms with Crippen molar-refractivity contribution in [2.24, 2.45) is 0 Å². The number of carbonyl (C=O) groups is 1. The van der Waals surface area contributed by atoms with Gasteiger partial charge in [-0.25, -0.2) is 9.46 Å². The zero-order valence-electron chi connectivity index (χ0n) is 19.0. The molecule has 0 saturated heterocycles. The van der Waals surface area contributed by atoms with Crippen LogP contribution in [0.1, 0.15) is 27.7 Å². The van der Waals surface area contributed by atoms with Crippen molar-refractivity contribution in [1.29, 1.82) is 0 Å². The van der Waals surface area contributed by atoms with E-state index in [4.69, 9.17) is 13.6 Å². The fourth-order valence-corrected chi connectivity index (χ4v) is 4.76. The normalized spacial score (nSPS) is 14.4. The number of hydrogen-bond acceptors (Lipinski definition) is 9. The smallest absolute Gasteiger partial charge is 0.346 e. The Kier molecular flexibility index (Phi) is 11.7. The van der Waals surface area contributed by atoms with Crippen molar-refractivity contribution in [2.75, 3.05) is 20.8 Å². The standard InChI is InChI=1S/C18H32N4O8P2/c1-13(2)22(14(3)4)31(26)30-12-15(8-10-32(27,28-5)29-6)19-17(24)11-21-9-7-16(23)20-18(21)25/h7-10,13-15,26H,11-12H2,1-6H3,(H,19,24)(H,20,23,25). The zero-order valence-corrected chi connectivity index (χ0v) is 20.8. The molecule has 0 bridgehead atoms. The number of H-pyrrole nitrogens is 1. The molecule has 0 aliphatic rings. The summed E-state index contributed by atoms with van der Waals surface area (Å²) in [5, 5.41) is 2.63. The van der Waals surface area contributed by atoms with Crippen LogP contribution in [0.3, 0.4) is 0 Å². The van der Waals surface area contributed by atoms with Crippen LogP contribution in [0.25, 0.3) is 0 Å². The van der Waals surface area contributed by atoms with Crippen LogP contribution < -0.4 is 16.6 Å². The van der Waals surface area contributed by atoms with E-state index in [0.717, 1.165) is 10.6 Å². The molecule has 2 atom stereocenters. The van der Waals surface area contributed by atoms with E-state index in [2.05, 4.69) is 10.3 Å². The first kappa shape index (κ1) is 28.4. The van der Waals surface area contributed by atoms with Gasteiger partial charge in [-0.3, -0.25) is 23.7 Å². The van der Waals surface area contributed by atoms with E-state index in [0.29, 0.717) is 0 Å². The van der Waals surface area contributed by atoms with E-state index in [1.807, 2.05) is 27.7 Å². The van der Waals surface area contributed by atoms with Gasteiger partial charge in [-0.15, -0.1) is 0 Å². The molecule has 32 heavy (non-hydrogen) atoms. The number of carbonyl (C=O) groups excluding carboxylic acids is 1. The number of amides is 1. The molecule has 14 heteroatoms. The Morgan fingerprint density at radius 3 is 2.38 bits per heavy atom. The molecule has 0 radical (unpaired) electrons. The maximum absolute atomic E-state index is 12.5. The fraction of sp³-hybridized carbons (Fsp3) is 0.611. The van der Waals surface area contributed by atoms with E-state index >= 15 is 0 Å². The van der Waals surface area contributed by atoms with Gasteiger partial charge in [-0.05, 0) is 27.7 Å². The second-order valence-electron chi connectivity index (χ2n) is 7.27. The summed E-state index contributed by atoms with van der Waals surface area (Å²) in [7, 11) is -3.03. The molecule has 0 spiro atoms. The van der Waals surface area contributed by atoms with E-state index < -0.39 is 39.3 Å². The average molecular weight is 494 g/mol. The van der Waals surface area contributed by atoms with Crippen molar-refractivity contribution in [3.05, 3.63) is 45.0 Å². The van der Waals surface area contributed by atoms with Crippen LogP contribution >= 0.6 is 16.1 Å². The Morgan fingerprint density at radius 1 is 1.28 bits per heavy atom. The first-order valence-corrected chi connectivity index (χ1v) is 12.6. The first-order valence-electron chi connectivity index (χ1n) is 9.82. The lowest BCUT2D eigenvalue weighted by atomic mass is 10.3. The number of hydrogen-bond donors (Lipinski definition) is 3. The predicted molar refractivity (Wildman–Crippen MR) is 121 cm³/mol. The van der Waals surface area contributed by atoms with Crippen LogP contribution in [0.5, 0.6) is 0 Å². The first-order chi connectivity index (χ1) is 14.9. The summed E-state index contributed by atoms with van der Waals surface area (Å²) in [5.74, 6) is 0.601. The summed E-state index contributed by atoms with van der Waals surface area (Å²) >= 11 is 0. The van der Waals surface area contributed by atoms with Gasteiger partial charge in [-0.2, -0.15) is 0 Å². The number of aromatic nitrogens is 2. The molecule has 1 aromatic rings. The minimum Gasteiger partial charge on any atom is -0.346 e. The van der Waals surface area contributed by atoms with Gasteiger partial charge in [0.1, 0.15) is 6.54 Å². The third kappa shape index (κ3) is 9.07. The minimum atomic E-state index is -3.51. The lowest BCUT2D eigenvalue weighted by molar-refractivity contribution is -0.122. The summed E-state index contributed by atoms with van der Waals surface area (Å²) in [6.07, 6.45) is 2.57. The summed E-state index contributed by atoms with van der Waals surface area (Å²) in [5.41, 5.74) is -1.31. The van der Waals surface area contributed by atoms with Gasteiger partial charge >= 0.3 is 13.3 Å². The maximum atomic E-state index is 12.5. The molecule has 2 unspecified atom stereocenters. The fourth-order valence-electron chi connectivity index (χ4n) is 2.73. The van der Waals surface area contributed by atoms with Gasteiger partial charge in [0, 0.05) is 44.4 Å². The van der Waals surface area contributed by atoms with Gasteiger partial charge in [-0.1, -0.05) is 6.08 Å². The third-order valence-electron chi connectivity index (χ3n) is 4.19. The Labute approximate surface area is 188 Å². The molecule has 1 amide bonds. The largest absolute Gasteiger partial charge is 0.353 e. The SMILES string of the molecule is COP(=O)(C=CC(COP(O)N(C(C)C)C(C)C)NC(=O)Cn1ccc(=O)[nH]c1=O)OC. The third-order valence-corrected chi connectivity index (χ3v) is 7.45. The van der Waals surface area contributed by atoms with Gasteiger partial charge in [0.05, 0.1) is 12.6 Å². The highest BCUT2D eigenvalue weighted by Gasteiger charge is 2.25. The van der Waals surface area contributed by atoms with Crippen LogP contribution in [0.4, 0.5) is 0 Å². The van der Waals surface area contributed by atoms with Crippen molar-refractivity contribution >= 4 is 22.0 Å². The highest BCUT2D eigenvalue weighted by atomic mass is 31.2. The Morgan fingerprint density at radius 2 is 1.88 bits per heavy atom. The lowest BCUT2D eigenvalue weighted by Gasteiger charge is -2.33. The van der Waals surface area contributed by atoms with Crippen molar-refractivity contribution in [3.63, 3.8) is 0 Å². The quantitative estimate of drug-likeness (QED) is 0.345. The molecule has 1 aromatic heterocycles. The molecule has 0 saturated carbocycles. The topological polar surface area (TPSA) is 152 Å². The highest BCUT2D eigenvalue weighted by molar-refractivity contribution is 7.57. The number of aromatic amines is 1. The molecule has 0 aromatic carbocycles. The highest BCUT2D eigenvalue weighted by Crippen LogP contribution is 2.48. The molecule has 1 rings (SSSR count). The second-order valence-corrected chi connectivity index (χ2v) is 10.6. The molecular formula is C18H32N4O8P2. The molecule has 0 aliphatic carbocycles. The molecule has 3 N–H and O–H groups in total. The molecule has 0 aliphatic heterocycles. The van der Waals surface area contributed by atoms with E-state index in [9.17, 15) is 23.8 Å². The Balaban J connectivity index is 2.98. The van der Waals surface area contributed by atoms with Crippen LogP contribution in [-0.2, 0) is 29.5 Å².